The third-order valence-electron chi connectivity index (χ3n) is 5.25. The molecule has 4 rings (SSSR count). The molecule has 3 heterocycles. The Morgan fingerprint density at radius 2 is 1.97 bits per heavy atom. The first-order valence-corrected chi connectivity index (χ1v) is 10.9. The summed E-state index contributed by atoms with van der Waals surface area (Å²) >= 11 is 1.83. The number of fused-ring (bicyclic) bond motifs is 1. The van der Waals surface area contributed by atoms with Gasteiger partial charge in [0.2, 0.25) is 0 Å². The number of methoxy groups -OCH3 is 2. The molecule has 1 aliphatic rings. The van der Waals surface area contributed by atoms with Crippen molar-refractivity contribution in [1.82, 2.24) is 14.9 Å². The van der Waals surface area contributed by atoms with Crippen LogP contribution in [-0.4, -0.2) is 35.6 Å². The lowest BCUT2D eigenvalue weighted by atomic mass is 10.1. The van der Waals surface area contributed by atoms with Crippen LogP contribution in [0.15, 0.2) is 36.5 Å². The van der Waals surface area contributed by atoms with Gasteiger partial charge in [0.1, 0.15) is 5.82 Å². The van der Waals surface area contributed by atoms with E-state index in [-0.39, 0.29) is 0 Å². The topological polar surface area (TPSA) is 47.5 Å². The zero-order valence-corrected chi connectivity index (χ0v) is 18.1. The zero-order chi connectivity index (χ0) is 20.2. The summed E-state index contributed by atoms with van der Waals surface area (Å²) in [6.45, 7) is 5.08. The van der Waals surface area contributed by atoms with Crippen molar-refractivity contribution in [1.29, 1.82) is 0 Å². The molecule has 0 N–H and O–H groups in total. The summed E-state index contributed by atoms with van der Waals surface area (Å²) in [5.41, 5.74) is 3.66. The van der Waals surface area contributed by atoms with E-state index < -0.39 is 0 Å². The lowest BCUT2D eigenvalue weighted by Gasteiger charge is -2.27. The molecular weight excluding hydrogens is 382 g/mol. The van der Waals surface area contributed by atoms with Crippen LogP contribution in [0.4, 0.5) is 0 Å². The number of nitrogens with zero attached hydrogens (tertiary/aromatic N) is 3. The van der Waals surface area contributed by atoms with Crippen LogP contribution in [0.1, 0.15) is 35.3 Å². The number of ether oxygens (including phenoxy) is 2. The molecule has 152 valence electrons. The minimum absolute atomic E-state index is 0.754. The first kappa shape index (κ1) is 19.9. The highest BCUT2D eigenvalue weighted by atomic mass is 32.1. The number of hydrogen-bond donors (Lipinski definition) is 0. The largest absolute Gasteiger partial charge is 0.493 e. The third kappa shape index (κ3) is 4.43. The van der Waals surface area contributed by atoms with Gasteiger partial charge >= 0.3 is 0 Å². The Hall–Kier alpha value is -2.44. The molecular formula is C23H27N3O2S. The minimum atomic E-state index is 0.754. The fourth-order valence-corrected chi connectivity index (χ4v) is 4.77. The zero-order valence-electron chi connectivity index (χ0n) is 17.3. The first-order chi connectivity index (χ1) is 14.2. The molecule has 0 amide bonds. The van der Waals surface area contributed by atoms with E-state index in [2.05, 4.69) is 35.0 Å². The first-order valence-electron chi connectivity index (χ1n) is 10.1. The van der Waals surface area contributed by atoms with Gasteiger partial charge in [0.15, 0.2) is 11.5 Å². The molecule has 0 radical (unpaired) electrons. The Labute approximate surface area is 176 Å². The van der Waals surface area contributed by atoms with Crippen molar-refractivity contribution in [3.8, 4) is 21.9 Å². The fraction of sp³-hybridized carbons (Fsp3) is 0.391. The van der Waals surface area contributed by atoms with E-state index in [4.69, 9.17) is 14.5 Å². The summed E-state index contributed by atoms with van der Waals surface area (Å²) in [5.74, 6) is 2.50. The van der Waals surface area contributed by atoms with Gasteiger partial charge < -0.3 is 9.47 Å². The van der Waals surface area contributed by atoms with E-state index in [1.807, 2.05) is 29.7 Å². The highest BCUT2D eigenvalue weighted by molar-refractivity contribution is 7.15. The van der Waals surface area contributed by atoms with Crippen LogP contribution >= 0.6 is 11.3 Å². The van der Waals surface area contributed by atoms with E-state index in [9.17, 15) is 0 Å². The van der Waals surface area contributed by atoms with Gasteiger partial charge in [-0.1, -0.05) is 6.92 Å². The van der Waals surface area contributed by atoms with E-state index in [1.165, 1.54) is 21.0 Å². The van der Waals surface area contributed by atoms with Gasteiger partial charge in [-0.25, -0.2) is 9.97 Å². The summed E-state index contributed by atoms with van der Waals surface area (Å²) in [6, 6.07) is 10.5. The van der Waals surface area contributed by atoms with Gasteiger partial charge in [0.05, 0.1) is 14.2 Å². The molecule has 0 fully saturated rings. The molecule has 0 unspecified atom stereocenters. The summed E-state index contributed by atoms with van der Waals surface area (Å²) in [4.78, 5) is 14.4. The Morgan fingerprint density at radius 1 is 1.10 bits per heavy atom. The summed E-state index contributed by atoms with van der Waals surface area (Å²) in [6.07, 6.45) is 5.09. The van der Waals surface area contributed by atoms with Crippen molar-refractivity contribution in [3.63, 3.8) is 0 Å². The van der Waals surface area contributed by atoms with Crippen LogP contribution in [0, 0.1) is 0 Å². The number of benzene rings is 1. The fourth-order valence-electron chi connectivity index (χ4n) is 3.72. The van der Waals surface area contributed by atoms with Crippen molar-refractivity contribution in [3.05, 3.63) is 58.5 Å². The molecule has 1 aliphatic heterocycles. The molecule has 5 nitrogen and oxygen atoms in total. The molecule has 2 aromatic heterocycles. The maximum absolute atomic E-state index is 5.44. The molecule has 1 aromatic carbocycles. The highest BCUT2D eigenvalue weighted by Gasteiger charge is 2.19. The van der Waals surface area contributed by atoms with Crippen LogP contribution in [0.25, 0.3) is 10.4 Å². The van der Waals surface area contributed by atoms with Gasteiger partial charge in [-0.05, 0) is 42.3 Å². The van der Waals surface area contributed by atoms with E-state index in [0.29, 0.717) is 0 Å². The van der Waals surface area contributed by atoms with Crippen LogP contribution in [0.5, 0.6) is 11.5 Å². The molecule has 29 heavy (non-hydrogen) atoms. The van der Waals surface area contributed by atoms with Crippen LogP contribution in [0.2, 0.25) is 0 Å². The summed E-state index contributed by atoms with van der Waals surface area (Å²) in [5, 5.41) is 0. The average Bonchev–Trinajstić information content (AvgIpc) is 3.22. The molecule has 6 heteroatoms. The molecule has 0 aliphatic carbocycles. The van der Waals surface area contributed by atoms with Crippen molar-refractivity contribution in [2.75, 3.05) is 20.8 Å². The molecule has 0 bridgehead atoms. The Balaban J connectivity index is 1.45. The monoisotopic (exact) mass is 409 g/mol. The van der Waals surface area contributed by atoms with Crippen molar-refractivity contribution in [2.45, 2.75) is 39.3 Å². The number of rotatable bonds is 7. The molecule has 0 spiro atoms. The lowest BCUT2D eigenvalue weighted by Crippen LogP contribution is -2.30. The number of aryl methyl sites for hydroxylation is 1. The molecule has 0 saturated carbocycles. The standard InChI is InChI=1S/C23H27N3O2S/c1-4-5-23-24-13-17-14-26(11-10-19(17)25-23)15-18-7-9-22(29-18)16-6-8-20(27-2)21(12-16)28-3/h6-9,12-13H,4-5,10-11,14-15H2,1-3H3. The minimum Gasteiger partial charge on any atom is -0.493 e. The summed E-state index contributed by atoms with van der Waals surface area (Å²) < 4.78 is 10.8. The van der Waals surface area contributed by atoms with Gasteiger partial charge in [0, 0.05) is 59.7 Å². The van der Waals surface area contributed by atoms with Gasteiger partial charge in [-0.2, -0.15) is 0 Å². The van der Waals surface area contributed by atoms with Crippen LogP contribution in [0.3, 0.4) is 0 Å². The number of hydrogen-bond acceptors (Lipinski definition) is 6. The second kappa shape index (κ2) is 8.93. The maximum atomic E-state index is 5.44. The molecule has 0 atom stereocenters. The van der Waals surface area contributed by atoms with Gasteiger partial charge in [-0.3, -0.25) is 4.90 Å². The second-order valence-corrected chi connectivity index (χ2v) is 8.47. The van der Waals surface area contributed by atoms with Crippen LogP contribution < -0.4 is 9.47 Å². The summed E-state index contributed by atoms with van der Waals surface area (Å²) in [7, 11) is 3.33. The predicted molar refractivity (Wildman–Crippen MR) is 117 cm³/mol. The predicted octanol–water partition coefficient (Wildman–Crippen LogP) is 4.73. The van der Waals surface area contributed by atoms with Gasteiger partial charge in [0.25, 0.3) is 0 Å². The third-order valence-corrected chi connectivity index (χ3v) is 6.36. The normalized spacial score (nSPS) is 13.9. The Bertz CT molecular complexity index is 986. The Kier molecular flexibility index (Phi) is 6.11. The number of thiophene rings is 1. The van der Waals surface area contributed by atoms with Crippen LogP contribution in [-0.2, 0) is 25.9 Å². The molecule has 0 saturated heterocycles. The maximum Gasteiger partial charge on any atom is 0.161 e. The lowest BCUT2D eigenvalue weighted by molar-refractivity contribution is 0.244. The highest BCUT2D eigenvalue weighted by Crippen LogP contribution is 2.35. The van der Waals surface area contributed by atoms with Crippen molar-refractivity contribution < 1.29 is 9.47 Å². The quantitative estimate of drug-likeness (QED) is 0.564. The second-order valence-electron chi connectivity index (χ2n) is 7.30. The van der Waals surface area contributed by atoms with E-state index in [1.54, 1.807) is 14.2 Å². The Morgan fingerprint density at radius 3 is 2.76 bits per heavy atom. The van der Waals surface area contributed by atoms with E-state index in [0.717, 1.165) is 61.8 Å². The number of aromatic nitrogens is 2. The molecule has 3 aromatic rings. The van der Waals surface area contributed by atoms with Crippen molar-refractivity contribution in [2.24, 2.45) is 0 Å². The van der Waals surface area contributed by atoms with E-state index >= 15 is 0 Å². The van der Waals surface area contributed by atoms with Gasteiger partial charge in [-0.15, -0.1) is 11.3 Å². The van der Waals surface area contributed by atoms with Crippen molar-refractivity contribution >= 4 is 11.3 Å². The smallest absolute Gasteiger partial charge is 0.161 e. The average molecular weight is 410 g/mol. The SMILES string of the molecule is CCCc1ncc2c(n1)CCN(Cc1ccc(-c3ccc(OC)c(OC)c3)s1)C2.